The molecule has 0 aliphatic heterocycles. The lowest BCUT2D eigenvalue weighted by atomic mass is 10.1. The number of halogens is 1. The molecule has 0 amide bonds. The lowest BCUT2D eigenvalue weighted by Gasteiger charge is -2.16. The van der Waals surface area contributed by atoms with Crippen LogP contribution in [-0.4, -0.2) is 16.3 Å². The fourth-order valence-corrected chi connectivity index (χ4v) is 2.21. The Labute approximate surface area is 109 Å². The van der Waals surface area contributed by atoms with Gasteiger partial charge >= 0.3 is 0 Å². The van der Waals surface area contributed by atoms with Crippen molar-refractivity contribution < 1.29 is 4.42 Å². The van der Waals surface area contributed by atoms with E-state index in [0.29, 0.717) is 0 Å². The van der Waals surface area contributed by atoms with Gasteiger partial charge < -0.3 is 9.73 Å². The molecule has 1 unspecified atom stereocenters. The topological polar surface area (TPSA) is 43.0 Å². The minimum atomic E-state index is 0.0498. The first-order valence-electron chi connectivity index (χ1n) is 5.76. The Bertz CT molecular complexity index is 478. The van der Waals surface area contributed by atoms with Gasteiger partial charge in [0.05, 0.1) is 5.69 Å². The lowest BCUT2D eigenvalue weighted by Crippen LogP contribution is -2.24. The highest BCUT2D eigenvalue weighted by Gasteiger charge is 2.20. The van der Waals surface area contributed by atoms with E-state index in [-0.39, 0.29) is 6.04 Å². The van der Waals surface area contributed by atoms with Gasteiger partial charge in [-0.3, -0.25) is 4.68 Å². The van der Waals surface area contributed by atoms with E-state index in [1.54, 1.807) is 0 Å². The number of hydrogen-bond donors (Lipinski definition) is 1. The summed E-state index contributed by atoms with van der Waals surface area (Å²) in [4.78, 5) is 0. The van der Waals surface area contributed by atoms with E-state index in [0.717, 1.165) is 29.2 Å². The summed E-state index contributed by atoms with van der Waals surface area (Å²) in [6.45, 7) is 5.89. The van der Waals surface area contributed by atoms with E-state index >= 15 is 0 Å². The van der Waals surface area contributed by atoms with E-state index in [1.807, 2.05) is 29.1 Å². The van der Waals surface area contributed by atoms with Crippen molar-refractivity contribution in [1.29, 1.82) is 0 Å². The largest absolute Gasteiger partial charge is 0.452 e. The van der Waals surface area contributed by atoms with Crippen molar-refractivity contribution in [3.05, 3.63) is 40.5 Å². The summed E-state index contributed by atoms with van der Waals surface area (Å²) in [5, 5.41) is 7.71. The molecule has 0 aromatic carbocycles. The van der Waals surface area contributed by atoms with Crippen molar-refractivity contribution >= 4 is 15.9 Å². The first-order chi connectivity index (χ1) is 8.26. The highest BCUT2D eigenvalue weighted by Crippen LogP contribution is 2.25. The van der Waals surface area contributed by atoms with Gasteiger partial charge in [0.25, 0.3) is 0 Å². The molecule has 0 bridgehead atoms. The molecular formula is C12H16BrN3O. The van der Waals surface area contributed by atoms with Crippen LogP contribution in [0.5, 0.6) is 0 Å². The van der Waals surface area contributed by atoms with Crippen LogP contribution >= 0.6 is 15.9 Å². The molecular weight excluding hydrogens is 282 g/mol. The first-order valence-corrected chi connectivity index (χ1v) is 6.55. The summed E-state index contributed by atoms with van der Waals surface area (Å²) >= 11 is 3.33. The van der Waals surface area contributed by atoms with Gasteiger partial charge in [-0.1, -0.05) is 6.92 Å². The highest BCUT2D eigenvalue weighted by molar-refractivity contribution is 9.10. The second-order valence-electron chi connectivity index (χ2n) is 3.70. The summed E-state index contributed by atoms with van der Waals surface area (Å²) in [6.07, 6.45) is 1.82. The molecule has 2 aromatic rings. The maximum Gasteiger partial charge on any atom is 0.169 e. The minimum Gasteiger partial charge on any atom is -0.452 e. The molecule has 92 valence electrons. The van der Waals surface area contributed by atoms with Gasteiger partial charge in [-0.2, -0.15) is 5.10 Å². The lowest BCUT2D eigenvalue weighted by molar-refractivity contribution is 0.421. The fraction of sp³-hybridized carbons (Fsp3) is 0.417. The maximum atomic E-state index is 5.63. The van der Waals surface area contributed by atoms with Crippen LogP contribution in [0.2, 0.25) is 0 Å². The van der Waals surface area contributed by atoms with Crippen LogP contribution in [0.4, 0.5) is 0 Å². The van der Waals surface area contributed by atoms with Crippen molar-refractivity contribution in [3.63, 3.8) is 0 Å². The first kappa shape index (κ1) is 12.4. The van der Waals surface area contributed by atoms with Gasteiger partial charge in [-0.25, -0.2) is 0 Å². The average Bonchev–Trinajstić information content (AvgIpc) is 2.94. The summed E-state index contributed by atoms with van der Waals surface area (Å²) < 4.78 is 8.36. The Kier molecular flexibility index (Phi) is 4.02. The molecule has 1 N–H and O–H groups in total. The molecule has 0 saturated carbocycles. The molecule has 5 heteroatoms. The number of nitrogens with zero attached hydrogens (tertiary/aromatic N) is 2. The molecule has 2 heterocycles. The van der Waals surface area contributed by atoms with Crippen molar-refractivity contribution in [2.24, 2.45) is 0 Å². The van der Waals surface area contributed by atoms with Crippen LogP contribution in [0, 0.1) is 0 Å². The zero-order chi connectivity index (χ0) is 12.3. The number of aryl methyl sites for hydroxylation is 1. The molecule has 0 fully saturated rings. The smallest absolute Gasteiger partial charge is 0.169 e. The summed E-state index contributed by atoms with van der Waals surface area (Å²) in [7, 11) is 0. The predicted molar refractivity (Wildman–Crippen MR) is 69.8 cm³/mol. The van der Waals surface area contributed by atoms with Gasteiger partial charge in [0.2, 0.25) is 0 Å². The van der Waals surface area contributed by atoms with Gasteiger partial charge in [-0.15, -0.1) is 0 Å². The monoisotopic (exact) mass is 297 g/mol. The summed E-state index contributed by atoms with van der Waals surface area (Å²) in [5.41, 5.74) is 1.12. The number of rotatable bonds is 5. The van der Waals surface area contributed by atoms with Crippen molar-refractivity contribution in [1.82, 2.24) is 15.1 Å². The van der Waals surface area contributed by atoms with Crippen molar-refractivity contribution in [3.8, 4) is 0 Å². The molecule has 4 nitrogen and oxygen atoms in total. The third-order valence-electron chi connectivity index (χ3n) is 2.63. The Hall–Kier alpha value is -1.07. The molecule has 17 heavy (non-hydrogen) atoms. The highest BCUT2D eigenvalue weighted by atomic mass is 79.9. The fourth-order valence-electron chi connectivity index (χ4n) is 1.89. The van der Waals surface area contributed by atoms with E-state index in [9.17, 15) is 0 Å². The number of nitrogens with one attached hydrogen (secondary N) is 1. The molecule has 0 aliphatic carbocycles. The number of furan rings is 1. The Balaban J connectivity index is 2.35. The SMILES string of the molecule is CCNC(c1ccc(Br)o1)c1ccnn1CC. The normalized spacial score (nSPS) is 12.9. The van der Waals surface area contributed by atoms with Crippen LogP contribution in [0.25, 0.3) is 0 Å². The molecule has 2 rings (SSSR count). The standard InChI is InChI=1S/C12H16BrN3O/c1-3-14-12(10-5-6-11(13)17-10)9-7-8-15-16(9)4-2/h5-8,12,14H,3-4H2,1-2H3. The summed E-state index contributed by atoms with van der Waals surface area (Å²) in [5.74, 6) is 0.897. The van der Waals surface area contributed by atoms with E-state index in [2.05, 4.69) is 40.2 Å². The van der Waals surface area contributed by atoms with Crippen LogP contribution in [0.15, 0.2) is 33.5 Å². The van der Waals surface area contributed by atoms with E-state index in [1.165, 1.54) is 0 Å². The third kappa shape index (κ3) is 2.61. The number of aromatic nitrogens is 2. The van der Waals surface area contributed by atoms with Gasteiger partial charge in [0, 0.05) is 12.7 Å². The van der Waals surface area contributed by atoms with Crippen molar-refractivity contribution in [2.45, 2.75) is 26.4 Å². The Morgan fingerprint density at radius 2 is 2.24 bits per heavy atom. The molecule has 0 aliphatic rings. The Morgan fingerprint density at radius 1 is 1.41 bits per heavy atom. The molecule has 2 aromatic heterocycles. The predicted octanol–water partition coefficient (Wildman–Crippen LogP) is 2.96. The molecule has 0 spiro atoms. The second kappa shape index (κ2) is 5.51. The van der Waals surface area contributed by atoms with E-state index < -0.39 is 0 Å². The zero-order valence-electron chi connectivity index (χ0n) is 9.98. The van der Waals surface area contributed by atoms with Gasteiger partial charge in [0.15, 0.2) is 4.67 Å². The van der Waals surface area contributed by atoms with Crippen LogP contribution < -0.4 is 5.32 Å². The second-order valence-corrected chi connectivity index (χ2v) is 4.49. The van der Waals surface area contributed by atoms with Gasteiger partial charge in [-0.05, 0) is 47.6 Å². The van der Waals surface area contributed by atoms with Gasteiger partial charge in [0.1, 0.15) is 11.8 Å². The summed E-state index contributed by atoms with van der Waals surface area (Å²) in [6, 6.07) is 5.96. The minimum absolute atomic E-state index is 0.0498. The van der Waals surface area contributed by atoms with E-state index in [4.69, 9.17) is 4.42 Å². The Morgan fingerprint density at radius 3 is 2.82 bits per heavy atom. The maximum absolute atomic E-state index is 5.63. The third-order valence-corrected chi connectivity index (χ3v) is 3.06. The molecule has 0 radical (unpaired) electrons. The zero-order valence-corrected chi connectivity index (χ0v) is 11.6. The molecule has 0 saturated heterocycles. The van der Waals surface area contributed by atoms with Crippen molar-refractivity contribution in [2.75, 3.05) is 6.54 Å². The van der Waals surface area contributed by atoms with Crippen LogP contribution in [-0.2, 0) is 6.54 Å². The van der Waals surface area contributed by atoms with Crippen LogP contribution in [0.3, 0.4) is 0 Å². The molecule has 1 atom stereocenters. The number of hydrogen-bond acceptors (Lipinski definition) is 3. The quantitative estimate of drug-likeness (QED) is 0.923. The average molecular weight is 298 g/mol. The van der Waals surface area contributed by atoms with Crippen LogP contribution in [0.1, 0.15) is 31.3 Å².